The molecule has 1 fully saturated rings. The smallest absolute Gasteiger partial charge is 0.255 e. The standard InChI is InChI=1S/C28H30N4O2/c1-21-11-13-23(18-26(21)30-27(33)14-12-22-8-7-15-29-19-22)28(34)31-25-10-4-3-9-24(25)20-32-16-5-2-6-17-32/h3-4,7-15,18-19H,2,5-6,16-17,20H2,1H3,(H,30,33)(H,31,34). The predicted octanol–water partition coefficient (Wildman–Crippen LogP) is 5.28. The highest BCUT2D eigenvalue weighted by Gasteiger charge is 2.15. The number of aromatic nitrogens is 1. The summed E-state index contributed by atoms with van der Waals surface area (Å²) < 4.78 is 0. The molecule has 2 aromatic carbocycles. The second-order valence-electron chi connectivity index (χ2n) is 8.59. The third-order valence-corrected chi connectivity index (χ3v) is 5.98. The molecule has 1 aromatic heterocycles. The van der Waals surface area contributed by atoms with Crippen LogP contribution in [0.25, 0.3) is 6.08 Å². The molecule has 0 bridgehead atoms. The number of rotatable bonds is 7. The van der Waals surface area contributed by atoms with Crippen LogP contribution in [0.1, 0.15) is 46.3 Å². The number of aryl methyl sites for hydroxylation is 1. The molecule has 0 spiro atoms. The van der Waals surface area contributed by atoms with Gasteiger partial charge in [0, 0.05) is 42.0 Å². The fourth-order valence-corrected chi connectivity index (χ4v) is 4.05. The van der Waals surface area contributed by atoms with Gasteiger partial charge in [-0.3, -0.25) is 19.5 Å². The highest BCUT2D eigenvalue weighted by molar-refractivity contribution is 6.07. The van der Waals surface area contributed by atoms with E-state index in [0.717, 1.165) is 42.0 Å². The molecule has 6 nitrogen and oxygen atoms in total. The number of nitrogens with one attached hydrogen (secondary N) is 2. The van der Waals surface area contributed by atoms with E-state index in [2.05, 4.69) is 26.6 Å². The molecule has 6 heteroatoms. The summed E-state index contributed by atoms with van der Waals surface area (Å²) in [4.78, 5) is 32.0. The van der Waals surface area contributed by atoms with Crippen molar-refractivity contribution >= 4 is 29.3 Å². The van der Waals surface area contributed by atoms with Crippen molar-refractivity contribution in [1.82, 2.24) is 9.88 Å². The van der Waals surface area contributed by atoms with Gasteiger partial charge in [-0.2, -0.15) is 0 Å². The summed E-state index contributed by atoms with van der Waals surface area (Å²) in [5.74, 6) is -0.469. The van der Waals surface area contributed by atoms with Gasteiger partial charge in [-0.05, 0) is 79.9 Å². The molecule has 174 valence electrons. The molecular formula is C28H30N4O2. The number of nitrogens with zero attached hydrogens (tertiary/aromatic N) is 2. The number of likely N-dealkylation sites (tertiary alicyclic amines) is 1. The lowest BCUT2D eigenvalue weighted by Crippen LogP contribution is -2.29. The number of carbonyl (C=O) groups is 2. The second-order valence-corrected chi connectivity index (χ2v) is 8.59. The maximum atomic E-state index is 13.1. The van der Waals surface area contributed by atoms with Gasteiger partial charge in [0.25, 0.3) is 5.91 Å². The lowest BCUT2D eigenvalue weighted by Gasteiger charge is -2.27. The van der Waals surface area contributed by atoms with E-state index in [4.69, 9.17) is 0 Å². The molecule has 0 aliphatic carbocycles. The zero-order valence-corrected chi connectivity index (χ0v) is 19.5. The van der Waals surface area contributed by atoms with Crippen LogP contribution in [0.15, 0.2) is 73.1 Å². The Morgan fingerprint density at radius 1 is 0.971 bits per heavy atom. The minimum absolute atomic E-state index is 0.201. The van der Waals surface area contributed by atoms with E-state index in [1.54, 1.807) is 30.6 Å². The van der Waals surface area contributed by atoms with Crippen LogP contribution < -0.4 is 10.6 Å². The third-order valence-electron chi connectivity index (χ3n) is 5.98. The molecule has 1 aliphatic heterocycles. The Morgan fingerprint density at radius 3 is 2.59 bits per heavy atom. The van der Waals surface area contributed by atoms with Gasteiger partial charge in [0.15, 0.2) is 0 Å². The Balaban J connectivity index is 1.44. The summed E-state index contributed by atoms with van der Waals surface area (Å²) in [5.41, 5.74) is 4.75. The fraction of sp³-hybridized carbons (Fsp3) is 0.250. The van der Waals surface area contributed by atoms with Crippen molar-refractivity contribution in [2.45, 2.75) is 32.7 Å². The number of piperidine rings is 1. The molecule has 1 aliphatic rings. The first-order valence-electron chi connectivity index (χ1n) is 11.7. The topological polar surface area (TPSA) is 74.3 Å². The van der Waals surface area contributed by atoms with Gasteiger partial charge in [0.1, 0.15) is 0 Å². The average molecular weight is 455 g/mol. The molecular weight excluding hydrogens is 424 g/mol. The van der Waals surface area contributed by atoms with Crippen molar-refractivity contribution < 1.29 is 9.59 Å². The molecule has 3 aromatic rings. The normalized spacial score (nSPS) is 14.1. The van der Waals surface area contributed by atoms with E-state index < -0.39 is 0 Å². The van der Waals surface area contributed by atoms with Crippen molar-refractivity contribution in [2.24, 2.45) is 0 Å². The molecule has 0 unspecified atom stereocenters. The molecule has 4 rings (SSSR count). The molecule has 0 radical (unpaired) electrons. The molecule has 2 heterocycles. The van der Waals surface area contributed by atoms with Crippen LogP contribution in [0, 0.1) is 6.92 Å². The lowest BCUT2D eigenvalue weighted by molar-refractivity contribution is -0.111. The summed E-state index contributed by atoms with van der Waals surface area (Å²) in [6.07, 6.45) is 10.3. The zero-order chi connectivity index (χ0) is 23.8. The Morgan fingerprint density at radius 2 is 1.79 bits per heavy atom. The maximum Gasteiger partial charge on any atom is 0.255 e. The van der Waals surface area contributed by atoms with Crippen LogP contribution in [0.2, 0.25) is 0 Å². The van der Waals surface area contributed by atoms with Crippen LogP contribution in [0.3, 0.4) is 0 Å². The van der Waals surface area contributed by atoms with Crippen LogP contribution >= 0.6 is 0 Å². The molecule has 0 saturated carbocycles. The number of hydrogen-bond donors (Lipinski definition) is 2. The monoisotopic (exact) mass is 454 g/mol. The summed E-state index contributed by atoms with van der Waals surface area (Å²) >= 11 is 0. The van der Waals surface area contributed by atoms with E-state index in [0.29, 0.717) is 11.3 Å². The minimum Gasteiger partial charge on any atom is -0.322 e. The number of amides is 2. The predicted molar refractivity (Wildman–Crippen MR) is 137 cm³/mol. The van der Waals surface area contributed by atoms with E-state index in [1.807, 2.05) is 43.3 Å². The van der Waals surface area contributed by atoms with Gasteiger partial charge in [-0.1, -0.05) is 36.8 Å². The largest absolute Gasteiger partial charge is 0.322 e. The van der Waals surface area contributed by atoms with Gasteiger partial charge in [-0.25, -0.2) is 0 Å². The van der Waals surface area contributed by atoms with Crippen molar-refractivity contribution in [3.8, 4) is 0 Å². The number of para-hydroxylation sites is 1. The highest BCUT2D eigenvalue weighted by atomic mass is 16.2. The maximum absolute atomic E-state index is 13.1. The Kier molecular flexibility index (Phi) is 7.83. The first kappa shape index (κ1) is 23.4. The van der Waals surface area contributed by atoms with Gasteiger partial charge >= 0.3 is 0 Å². The van der Waals surface area contributed by atoms with Crippen LogP contribution in [0.4, 0.5) is 11.4 Å². The Bertz CT molecular complexity index is 1170. The molecule has 0 atom stereocenters. The molecule has 34 heavy (non-hydrogen) atoms. The first-order valence-corrected chi connectivity index (χ1v) is 11.7. The molecule has 1 saturated heterocycles. The number of carbonyl (C=O) groups excluding carboxylic acids is 2. The minimum atomic E-state index is -0.267. The zero-order valence-electron chi connectivity index (χ0n) is 19.5. The Hall–Kier alpha value is -3.77. The quantitative estimate of drug-likeness (QED) is 0.476. The van der Waals surface area contributed by atoms with Crippen LogP contribution in [-0.2, 0) is 11.3 Å². The summed E-state index contributed by atoms with van der Waals surface area (Å²) in [6, 6.07) is 17.0. The number of benzene rings is 2. The van der Waals surface area contributed by atoms with Crippen LogP contribution in [0.5, 0.6) is 0 Å². The van der Waals surface area contributed by atoms with Crippen molar-refractivity contribution in [2.75, 3.05) is 23.7 Å². The van der Waals surface area contributed by atoms with E-state index in [1.165, 1.54) is 25.3 Å². The van der Waals surface area contributed by atoms with Gasteiger partial charge in [0.05, 0.1) is 0 Å². The van der Waals surface area contributed by atoms with Gasteiger partial charge < -0.3 is 10.6 Å². The van der Waals surface area contributed by atoms with Crippen molar-refractivity contribution in [3.05, 3.63) is 95.3 Å². The number of hydrogen-bond acceptors (Lipinski definition) is 4. The summed E-state index contributed by atoms with van der Waals surface area (Å²) in [5, 5.41) is 5.94. The third kappa shape index (κ3) is 6.39. The molecule has 2 amide bonds. The molecule has 2 N–H and O–H groups in total. The van der Waals surface area contributed by atoms with E-state index in [9.17, 15) is 9.59 Å². The second kappa shape index (κ2) is 11.4. The van der Waals surface area contributed by atoms with Gasteiger partial charge in [-0.15, -0.1) is 0 Å². The SMILES string of the molecule is Cc1ccc(C(=O)Nc2ccccc2CN2CCCCC2)cc1NC(=O)C=Cc1cccnc1. The summed E-state index contributed by atoms with van der Waals surface area (Å²) in [6.45, 7) is 4.92. The van der Waals surface area contributed by atoms with Crippen molar-refractivity contribution in [1.29, 1.82) is 0 Å². The summed E-state index contributed by atoms with van der Waals surface area (Å²) in [7, 11) is 0. The number of anilines is 2. The van der Waals surface area contributed by atoms with Gasteiger partial charge in [0.2, 0.25) is 5.91 Å². The van der Waals surface area contributed by atoms with Crippen molar-refractivity contribution in [3.63, 3.8) is 0 Å². The number of pyridine rings is 1. The van der Waals surface area contributed by atoms with E-state index >= 15 is 0 Å². The Labute approximate surface area is 200 Å². The average Bonchev–Trinajstić information content (AvgIpc) is 2.86. The fourth-order valence-electron chi connectivity index (χ4n) is 4.05. The van der Waals surface area contributed by atoms with Crippen LogP contribution in [-0.4, -0.2) is 34.8 Å². The first-order chi connectivity index (χ1) is 16.6. The lowest BCUT2D eigenvalue weighted by atomic mass is 10.1. The van der Waals surface area contributed by atoms with E-state index in [-0.39, 0.29) is 11.8 Å². The highest BCUT2D eigenvalue weighted by Crippen LogP contribution is 2.22.